The average molecular weight is 268 g/mol. The largest absolute Gasteiger partial charge is 0.508 e. The molecule has 0 aliphatic rings. The van der Waals surface area contributed by atoms with E-state index in [1.54, 1.807) is 0 Å². The SMILES string of the molecule is CC(C)(CCCN)CNC(=O)c1ccc(O)cc1F. The molecule has 0 heterocycles. The molecule has 1 aromatic carbocycles. The highest BCUT2D eigenvalue weighted by molar-refractivity contribution is 5.94. The van der Waals surface area contributed by atoms with Gasteiger partial charge in [0, 0.05) is 12.6 Å². The first-order valence-electron chi connectivity index (χ1n) is 6.32. The van der Waals surface area contributed by atoms with Crippen LogP contribution in [-0.2, 0) is 0 Å². The van der Waals surface area contributed by atoms with Crippen molar-refractivity contribution in [2.45, 2.75) is 26.7 Å². The quantitative estimate of drug-likeness (QED) is 0.739. The van der Waals surface area contributed by atoms with Gasteiger partial charge in [0.15, 0.2) is 0 Å². The molecule has 106 valence electrons. The maximum Gasteiger partial charge on any atom is 0.254 e. The van der Waals surface area contributed by atoms with Crippen LogP contribution in [0.25, 0.3) is 0 Å². The van der Waals surface area contributed by atoms with E-state index in [2.05, 4.69) is 5.32 Å². The average Bonchev–Trinajstić information content (AvgIpc) is 2.34. The number of nitrogens with one attached hydrogen (secondary N) is 1. The molecule has 4 N–H and O–H groups in total. The Morgan fingerprint density at radius 1 is 1.47 bits per heavy atom. The molecule has 0 radical (unpaired) electrons. The van der Waals surface area contributed by atoms with Crippen LogP contribution in [0.1, 0.15) is 37.0 Å². The molecule has 0 spiro atoms. The van der Waals surface area contributed by atoms with Gasteiger partial charge in [-0.05, 0) is 36.9 Å². The van der Waals surface area contributed by atoms with Gasteiger partial charge in [-0.2, -0.15) is 0 Å². The molecule has 1 aromatic rings. The van der Waals surface area contributed by atoms with E-state index in [4.69, 9.17) is 10.8 Å². The van der Waals surface area contributed by atoms with E-state index in [1.807, 2.05) is 13.8 Å². The van der Waals surface area contributed by atoms with E-state index in [1.165, 1.54) is 12.1 Å². The number of rotatable bonds is 6. The minimum absolute atomic E-state index is 0.0626. The van der Waals surface area contributed by atoms with E-state index >= 15 is 0 Å². The van der Waals surface area contributed by atoms with Crippen LogP contribution in [-0.4, -0.2) is 24.1 Å². The summed E-state index contributed by atoms with van der Waals surface area (Å²) in [6.45, 7) is 5.11. The second-order valence-corrected chi connectivity index (χ2v) is 5.40. The van der Waals surface area contributed by atoms with Crippen LogP contribution in [0.15, 0.2) is 18.2 Å². The molecule has 0 atom stereocenters. The molecule has 0 aliphatic carbocycles. The van der Waals surface area contributed by atoms with Crippen LogP contribution in [0.4, 0.5) is 4.39 Å². The van der Waals surface area contributed by atoms with Crippen molar-refractivity contribution in [3.05, 3.63) is 29.6 Å². The molecule has 19 heavy (non-hydrogen) atoms. The van der Waals surface area contributed by atoms with Gasteiger partial charge in [0.25, 0.3) is 5.91 Å². The van der Waals surface area contributed by atoms with E-state index < -0.39 is 11.7 Å². The van der Waals surface area contributed by atoms with Gasteiger partial charge >= 0.3 is 0 Å². The maximum absolute atomic E-state index is 13.5. The predicted octanol–water partition coefficient (Wildman–Crippen LogP) is 2.03. The van der Waals surface area contributed by atoms with Crippen molar-refractivity contribution in [2.75, 3.05) is 13.1 Å². The summed E-state index contributed by atoms with van der Waals surface area (Å²) in [6.07, 6.45) is 1.78. The molecule has 1 amide bonds. The standard InChI is InChI=1S/C14H21FN2O2/c1-14(2,6-3-7-16)9-17-13(19)11-5-4-10(18)8-12(11)15/h4-5,8,18H,3,6-7,9,16H2,1-2H3,(H,17,19). The lowest BCUT2D eigenvalue weighted by molar-refractivity contribution is 0.0930. The third-order valence-electron chi connectivity index (χ3n) is 2.98. The Hall–Kier alpha value is -1.62. The van der Waals surface area contributed by atoms with Crippen molar-refractivity contribution < 1.29 is 14.3 Å². The topological polar surface area (TPSA) is 75.3 Å². The molecule has 1 rings (SSSR count). The summed E-state index contributed by atoms with van der Waals surface area (Å²) in [5, 5.41) is 11.8. The molecule has 0 aromatic heterocycles. The monoisotopic (exact) mass is 268 g/mol. The van der Waals surface area contributed by atoms with Crippen molar-refractivity contribution in [3.8, 4) is 5.75 Å². The normalized spacial score (nSPS) is 11.4. The van der Waals surface area contributed by atoms with Crippen molar-refractivity contribution >= 4 is 5.91 Å². The van der Waals surface area contributed by atoms with Gasteiger partial charge in [0.05, 0.1) is 5.56 Å². The summed E-state index contributed by atoms with van der Waals surface area (Å²) >= 11 is 0. The molecular weight excluding hydrogens is 247 g/mol. The summed E-state index contributed by atoms with van der Waals surface area (Å²) in [5.74, 6) is -1.40. The van der Waals surface area contributed by atoms with Crippen LogP contribution in [0, 0.1) is 11.2 Å². The van der Waals surface area contributed by atoms with Crippen molar-refractivity contribution in [1.29, 1.82) is 0 Å². The summed E-state index contributed by atoms with van der Waals surface area (Å²) in [5.41, 5.74) is 5.31. The van der Waals surface area contributed by atoms with Crippen molar-refractivity contribution in [1.82, 2.24) is 5.32 Å². The predicted molar refractivity (Wildman–Crippen MR) is 72.5 cm³/mol. The fraction of sp³-hybridized carbons (Fsp3) is 0.500. The molecule has 0 fully saturated rings. The first-order valence-corrected chi connectivity index (χ1v) is 6.32. The summed E-state index contributed by atoms with van der Waals surface area (Å²) in [4.78, 5) is 11.8. The molecule has 0 aliphatic heterocycles. The number of halogens is 1. The zero-order chi connectivity index (χ0) is 14.5. The Morgan fingerprint density at radius 3 is 2.74 bits per heavy atom. The number of aromatic hydroxyl groups is 1. The number of benzene rings is 1. The first-order chi connectivity index (χ1) is 8.85. The Labute approximate surface area is 112 Å². The third-order valence-corrected chi connectivity index (χ3v) is 2.98. The van der Waals surface area contributed by atoms with Crippen LogP contribution >= 0.6 is 0 Å². The van der Waals surface area contributed by atoms with E-state index in [9.17, 15) is 9.18 Å². The molecule has 4 nitrogen and oxygen atoms in total. The van der Waals surface area contributed by atoms with Gasteiger partial charge in [0.2, 0.25) is 0 Å². The zero-order valence-corrected chi connectivity index (χ0v) is 11.4. The second kappa shape index (κ2) is 6.52. The Balaban J connectivity index is 2.60. The van der Waals surface area contributed by atoms with Crippen LogP contribution in [0.5, 0.6) is 5.75 Å². The number of phenolic OH excluding ortho intramolecular Hbond substituents is 1. The van der Waals surface area contributed by atoms with Crippen LogP contribution in [0.2, 0.25) is 0 Å². The summed E-state index contributed by atoms with van der Waals surface area (Å²) < 4.78 is 13.5. The lowest BCUT2D eigenvalue weighted by atomic mass is 9.87. The van der Waals surface area contributed by atoms with Gasteiger partial charge in [-0.3, -0.25) is 4.79 Å². The zero-order valence-electron chi connectivity index (χ0n) is 11.4. The lowest BCUT2D eigenvalue weighted by Gasteiger charge is -2.24. The summed E-state index contributed by atoms with van der Waals surface area (Å²) in [7, 11) is 0. The van der Waals surface area contributed by atoms with Gasteiger partial charge in [-0.25, -0.2) is 4.39 Å². The molecule has 0 unspecified atom stereocenters. The Bertz CT molecular complexity index is 447. The van der Waals surface area contributed by atoms with Gasteiger partial charge < -0.3 is 16.2 Å². The lowest BCUT2D eigenvalue weighted by Crippen LogP contribution is -2.34. The van der Waals surface area contributed by atoms with Crippen molar-refractivity contribution in [2.24, 2.45) is 11.1 Å². The minimum atomic E-state index is -0.725. The number of hydrogen-bond acceptors (Lipinski definition) is 3. The van der Waals surface area contributed by atoms with Crippen LogP contribution < -0.4 is 11.1 Å². The van der Waals surface area contributed by atoms with Gasteiger partial charge in [0.1, 0.15) is 11.6 Å². The molecule has 0 saturated carbocycles. The smallest absolute Gasteiger partial charge is 0.254 e. The highest BCUT2D eigenvalue weighted by Gasteiger charge is 2.19. The third kappa shape index (κ3) is 4.87. The second-order valence-electron chi connectivity index (χ2n) is 5.40. The molecule has 0 bridgehead atoms. The number of phenols is 1. The van der Waals surface area contributed by atoms with E-state index in [0.717, 1.165) is 18.9 Å². The minimum Gasteiger partial charge on any atom is -0.508 e. The van der Waals surface area contributed by atoms with Crippen molar-refractivity contribution in [3.63, 3.8) is 0 Å². The molecule has 5 heteroatoms. The van der Waals surface area contributed by atoms with Gasteiger partial charge in [-0.1, -0.05) is 13.8 Å². The first kappa shape index (κ1) is 15.4. The highest BCUT2D eigenvalue weighted by Crippen LogP contribution is 2.21. The number of amides is 1. The molecular formula is C14H21FN2O2. The number of hydrogen-bond donors (Lipinski definition) is 3. The van der Waals surface area contributed by atoms with Gasteiger partial charge in [-0.15, -0.1) is 0 Å². The van der Waals surface area contributed by atoms with E-state index in [0.29, 0.717) is 13.1 Å². The summed E-state index contributed by atoms with van der Waals surface area (Å²) in [6, 6.07) is 3.49. The highest BCUT2D eigenvalue weighted by atomic mass is 19.1. The van der Waals surface area contributed by atoms with Crippen LogP contribution in [0.3, 0.4) is 0 Å². The fourth-order valence-corrected chi connectivity index (χ4v) is 1.77. The number of carbonyl (C=O) groups excluding carboxylic acids is 1. The Morgan fingerprint density at radius 2 is 2.16 bits per heavy atom. The van der Waals surface area contributed by atoms with E-state index in [-0.39, 0.29) is 16.7 Å². The number of carbonyl (C=O) groups is 1. The maximum atomic E-state index is 13.5. The Kier molecular flexibility index (Phi) is 5.30. The fourth-order valence-electron chi connectivity index (χ4n) is 1.77. The molecule has 0 saturated heterocycles. The number of nitrogens with two attached hydrogens (primary N) is 1.